The van der Waals surface area contributed by atoms with Gasteiger partial charge in [-0.3, -0.25) is 4.79 Å². The summed E-state index contributed by atoms with van der Waals surface area (Å²) in [5.41, 5.74) is 1.61. The number of carbonyl (C=O) groups excluding carboxylic acids is 1. The molecule has 0 aliphatic carbocycles. The van der Waals surface area contributed by atoms with Crippen molar-refractivity contribution in [2.45, 2.75) is 19.9 Å². The maximum Gasteiger partial charge on any atom is 0.267 e. The minimum Gasteiger partial charge on any atom is -0.351 e. The molecule has 0 saturated carbocycles. The molecule has 20 heavy (non-hydrogen) atoms. The average Bonchev–Trinajstić information content (AvgIpc) is 2.81. The van der Waals surface area contributed by atoms with Crippen LogP contribution in [0.4, 0.5) is 0 Å². The number of rotatable bonds is 5. The largest absolute Gasteiger partial charge is 0.351 e. The fourth-order valence-corrected chi connectivity index (χ4v) is 2.50. The van der Waals surface area contributed by atoms with E-state index in [4.69, 9.17) is 0 Å². The molecule has 0 aliphatic rings. The quantitative estimate of drug-likeness (QED) is 0.879. The standard InChI is InChI=1S/C16H23N3O/c1-11(2)15(19(3)4)10-17-16(20)14-9-12-7-5-6-8-13(12)18-14/h5-9,11,15,18H,10H2,1-4H3,(H,17,20). The number of nitrogens with zero attached hydrogens (tertiary/aromatic N) is 1. The number of nitrogens with one attached hydrogen (secondary N) is 2. The van der Waals surface area contributed by atoms with Gasteiger partial charge in [-0.25, -0.2) is 0 Å². The van der Waals surface area contributed by atoms with Crippen LogP contribution < -0.4 is 5.32 Å². The van der Waals surface area contributed by atoms with Gasteiger partial charge in [0.15, 0.2) is 0 Å². The van der Waals surface area contributed by atoms with Crippen molar-refractivity contribution < 1.29 is 4.79 Å². The number of likely N-dealkylation sites (N-methyl/N-ethyl adjacent to an activating group) is 1. The van der Waals surface area contributed by atoms with Crippen LogP contribution in [0.1, 0.15) is 24.3 Å². The molecule has 0 radical (unpaired) electrons. The zero-order valence-electron chi connectivity index (χ0n) is 12.6. The number of carbonyl (C=O) groups is 1. The Morgan fingerprint density at radius 1 is 1.30 bits per heavy atom. The minimum atomic E-state index is -0.0475. The molecule has 0 spiro atoms. The third-order valence-corrected chi connectivity index (χ3v) is 3.68. The first-order chi connectivity index (χ1) is 9.49. The second-order valence-corrected chi connectivity index (χ2v) is 5.76. The van der Waals surface area contributed by atoms with Gasteiger partial charge in [0, 0.05) is 23.5 Å². The lowest BCUT2D eigenvalue weighted by Gasteiger charge is -2.27. The van der Waals surface area contributed by atoms with Crippen LogP contribution in [0.3, 0.4) is 0 Å². The van der Waals surface area contributed by atoms with Crippen molar-refractivity contribution in [2.75, 3.05) is 20.6 Å². The Morgan fingerprint density at radius 3 is 2.60 bits per heavy atom. The zero-order chi connectivity index (χ0) is 14.7. The molecule has 0 saturated heterocycles. The van der Waals surface area contributed by atoms with E-state index in [9.17, 15) is 4.79 Å². The van der Waals surface area contributed by atoms with Crippen LogP contribution in [0.15, 0.2) is 30.3 Å². The summed E-state index contributed by atoms with van der Waals surface area (Å²) in [7, 11) is 4.08. The van der Waals surface area contributed by atoms with Crippen molar-refractivity contribution in [1.29, 1.82) is 0 Å². The van der Waals surface area contributed by atoms with E-state index in [1.807, 2.05) is 44.4 Å². The molecule has 4 nitrogen and oxygen atoms in total. The Balaban J connectivity index is 2.04. The second kappa shape index (κ2) is 6.09. The molecule has 108 valence electrons. The van der Waals surface area contributed by atoms with Gasteiger partial charge < -0.3 is 15.2 Å². The monoisotopic (exact) mass is 273 g/mol. The van der Waals surface area contributed by atoms with Crippen molar-refractivity contribution in [2.24, 2.45) is 5.92 Å². The lowest BCUT2D eigenvalue weighted by molar-refractivity contribution is 0.0930. The molecule has 0 aliphatic heterocycles. The van der Waals surface area contributed by atoms with E-state index in [1.54, 1.807) is 0 Å². The number of hydrogen-bond donors (Lipinski definition) is 2. The summed E-state index contributed by atoms with van der Waals surface area (Å²) >= 11 is 0. The Kier molecular flexibility index (Phi) is 4.45. The lowest BCUT2D eigenvalue weighted by Crippen LogP contribution is -2.43. The molecule has 1 aromatic heterocycles. The maximum absolute atomic E-state index is 12.2. The number of aromatic nitrogens is 1. The van der Waals surface area contributed by atoms with Crippen molar-refractivity contribution in [1.82, 2.24) is 15.2 Å². The van der Waals surface area contributed by atoms with Gasteiger partial charge in [-0.15, -0.1) is 0 Å². The van der Waals surface area contributed by atoms with Gasteiger partial charge in [0.05, 0.1) is 0 Å². The van der Waals surface area contributed by atoms with Crippen LogP contribution in [-0.2, 0) is 0 Å². The third-order valence-electron chi connectivity index (χ3n) is 3.68. The Labute approximate surface area is 120 Å². The highest BCUT2D eigenvalue weighted by molar-refractivity contribution is 5.97. The highest BCUT2D eigenvalue weighted by atomic mass is 16.1. The van der Waals surface area contributed by atoms with Crippen LogP contribution in [0, 0.1) is 5.92 Å². The summed E-state index contributed by atoms with van der Waals surface area (Å²) in [6.07, 6.45) is 0. The number of hydrogen-bond acceptors (Lipinski definition) is 2. The van der Waals surface area contributed by atoms with E-state index < -0.39 is 0 Å². The fourth-order valence-electron chi connectivity index (χ4n) is 2.50. The lowest BCUT2D eigenvalue weighted by atomic mass is 10.0. The number of aromatic amines is 1. The predicted octanol–water partition coefficient (Wildman–Crippen LogP) is 2.48. The molecule has 0 bridgehead atoms. The van der Waals surface area contributed by atoms with Crippen molar-refractivity contribution in [3.05, 3.63) is 36.0 Å². The van der Waals surface area contributed by atoms with Crippen molar-refractivity contribution in [3.8, 4) is 0 Å². The normalized spacial score (nSPS) is 13.1. The molecule has 2 aromatic rings. The van der Waals surface area contributed by atoms with Crippen LogP contribution in [0.5, 0.6) is 0 Å². The van der Waals surface area contributed by atoms with Crippen LogP contribution in [0.2, 0.25) is 0 Å². The third kappa shape index (κ3) is 3.20. The summed E-state index contributed by atoms with van der Waals surface area (Å²) in [6, 6.07) is 10.1. The van der Waals surface area contributed by atoms with Crippen LogP contribution in [-0.4, -0.2) is 42.5 Å². The summed E-state index contributed by atoms with van der Waals surface area (Å²) in [4.78, 5) is 17.5. The molecule has 1 aromatic carbocycles. The molecular formula is C16H23N3O. The highest BCUT2D eigenvalue weighted by Gasteiger charge is 2.17. The first-order valence-corrected chi connectivity index (χ1v) is 7.01. The van der Waals surface area contributed by atoms with E-state index in [-0.39, 0.29) is 5.91 Å². The smallest absolute Gasteiger partial charge is 0.267 e. The molecule has 2 rings (SSSR count). The van der Waals surface area contributed by atoms with Gasteiger partial charge >= 0.3 is 0 Å². The first-order valence-electron chi connectivity index (χ1n) is 7.01. The van der Waals surface area contributed by atoms with Gasteiger partial charge in [-0.2, -0.15) is 0 Å². The Hall–Kier alpha value is -1.81. The van der Waals surface area contributed by atoms with Gasteiger partial charge in [0.1, 0.15) is 5.69 Å². The number of amides is 1. The number of H-pyrrole nitrogens is 1. The number of para-hydroxylation sites is 1. The maximum atomic E-state index is 12.2. The van der Waals surface area contributed by atoms with Crippen LogP contribution >= 0.6 is 0 Å². The fraction of sp³-hybridized carbons (Fsp3) is 0.438. The molecule has 4 heteroatoms. The summed E-state index contributed by atoms with van der Waals surface area (Å²) in [6.45, 7) is 4.98. The Morgan fingerprint density at radius 2 is 2.00 bits per heavy atom. The molecule has 1 atom stereocenters. The SMILES string of the molecule is CC(C)C(CNC(=O)c1cc2ccccc2[nH]1)N(C)C. The predicted molar refractivity (Wildman–Crippen MR) is 82.9 cm³/mol. The summed E-state index contributed by atoms with van der Waals surface area (Å²) in [5, 5.41) is 4.07. The van der Waals surface area contributed by atoms with Gasteiger partial charge in [0.2, 0.25) is 0 Å². The van der Waals surface area contributed by atoms with E-state index >= 15 is 0 Å². The summed E-state index contributed by atoms with van der Waals surface area (Å²) in [5.74, 6) is 0.446. The summed E-state index contributed by atoms with van der Waals surface area (Å²) < 4.78 is 0. The van der Waals surface area contributed by atoms with Gasteiger partial charge in [-0.1, -0.05) is 32.0 Å². The van der Waals surface area contributed by atoms with Crippen LogP contribution in [0.25, 0.3) is 10.9 Å². The van der Waals surface area contributed by atoms with E-state index in [2.05, 4.69) is 29.0 Å². The average molecular weight is 273 g/mol. The number of benzene rings is 1. The zero-order valence-corrected chi connectivity index (χ0v) is 12.6. The van der Waals surface area contributed by atoms with Crippen molar-refractivity contribution >= 4 is 16.8 Å². The second-order valence-electron chi connectivity index (χ2n) is 5.76. The molecule has 2 N–H and O–H groups in total. The Bertz CT molecular complexity index is 545. The first kappa shape index (κ1) is 14.6. The molecule has 0 fully saturated rings. The van der Waals surface area contributed by atoms with Crippen molar-refractivity contribution in [3.63, 3.8) is 0 Å². The topological polar surface area (TPSA) is 48.1 Å². The minimum absolute atomic E-state index is 0.0475. The number of fused-ring (bicyclic) bond motifs is 1. The van der Waals surface area contributed by atoms with Gasteiger partial charge in [-0.05, 0) is 32.1 Å². The molecule has 1 heterocycles. The molecular weight excluding hydrogens is 250 g/mol. The van der Waals surface area contributed by atoms with E-state index in [0.717, 1.165) is 10.9 Å². The highest BCUT2D eigenvalue weighted by Crippen LogP contribution is 2.14. The van der Waals surface area contributed by atoms with E-state index in [1.165, 1.54) is 0 Å². The van der Waals surface area contributed by atoms with E-state index in [0.29, 0.717) is 24.2 Å². The molecule has 1 unspecified atom stereocenters. The van der Waals surface area contributed by atoms with Gasteiger partial charge in [0.25, 0.3) is 5.91 Å². The molecule has 1 amide bonds.